The van der Waals surface area contributed by atoms with Crippen LogP contribution in [0.1, 0.15) is 5.69 Å². The largest absolute Gasteiger partial charge is 0.303 e. The van der Waals surface area contributed by atoms with Crippen molar-refractivity contribution in [1.29, 1.82) is 0 Å². The number of nitrogens with one attached hydrogen (secondary N) is 1. The number of aryl methyl sites for hydroxylation is 1. The Labute approximate surface area is 97.1 Å². The number of hydrogen-bond donors (Lipinski definition) is 1. The molecule has 78 valence electrons. The highest BCUT2D eigenvalue weighted by atomic mass is 79.9. The van der Waals surface area contributed by atoms with Crippen LogP contribution in [-0.4, -0.2) is 9.97 Å². The van der Waals surface area contributed by atoms with Gasteiger partial charge in [-0.2, -0.15) is 4.39 Å². The van der Waals surface area contributed by atoms with Crippen LogP contribution in [0.25, 0.3) is 10.7 Å². The van der Waals surface area contributed by atoms with Crippen molar-refractivity contribution in [3.8, 4) is 10.7 Å². The zero-order chi connectivity index (χ0) is 11.0. The molecular weight excluding hydrogens is 283 g/mol. The van der Waals surface area contributed by atoms with E-state index in [0.29, 0.717) is 5.82 Å². The molecule has 0 fully saturated rings. The number of rotatable bonds is 1. The van der Waals surface area contributed by atoms with Crippen molar-refractivity contribution >= 4 is 27.3 Å². The standard InChI is InChI=1S/C9H6BrFN2OS/c1-4-7(11)9(14)13-8(12-4)5-2-3-6(10)15-5/h2-3H,1H3,(H,12,13,14). The third kappa shape index (κ3) is 2.00. The quantitative estimate of drug-likeness (QED) is 0.877. The lowest BCUT2D eigenvalue weighted by Crippen LogP contribution is -2.15. The molecule has 6 heteroatoms. The maximum Gasteiger partial charge on any atom is 0.287 e. The molecule has 0 aliphatic carbocycles. The lowest BCUT2D eigenvalue weighted by atomic mass is 10.4. The van der Waals surface area contributed by atoms with Crippen molar-refractivity contribution in [2.75, 3.05) is 0 Å². The first-order chi connectivity index (χ1) is 7.08. The predicted molar refractivity (Wildman–Crippen MR) is 60.6 cm³/mol. The fourth-order valence-electron chi connectivity index (χ4n) is 1.13. The topological polar surface area (TPSA) is 45.8 Å². The van der Waals surface area contributed by atoms with Gasteiger partial charge in [0.1, 0.15) is 0 Å². The molecule has 0 unspecified atom stereocenters. The molecule has 0 aromatic carbocycles. The molecule has 0 spiro atoms. The minimum Gasteiger partial charge on any atom is -0.303 e. The van der Waals surface area contributed by atoms with E-state index in [1.165, 1.54) is 18.3 Å². The van der Waals surface area contributed by atoms with Crippen molar-refractivity contribution in [2.24, 2.45) is 0 Å². The molecule has 15 heavy (non-hydrogen) atoms. The van der Waals surface area contributed by atoms with Crippen LogP contribution in [0.15, 0.2) is 20.7 Å². The van der Waals surface area contributed by atoms with E-state index < -0.39 is 11.4 Å². The Morgan fingerprint density at radius 1 is 1.53 bits per heavy atom. The molecule has 0 radical (unpaired) electrons. The SMILES string of the molecule is Cc1nc(-c2ccc(Br)s2)[nH]c(=O)c1F. The summed E-state index contributed by atoms with van der Waals surface area (Å²) in [5.41, 5.74) is -0.625. The minimum atomic E-state index is -0.825. The molecule has 2 aromatic heterocycles. The molecular formula is C9H6BrFN2OS. The maximum absolute atomic E-state index is 13.0. The van der Waals surface area contributed by atoms with E-state index in [1.807, 2.05) is 12.1 Å². The molecule has 2 aromatic rings. The van der Waals surface area contributed by atoms with E-state index in [-0.39, 0.29) is 5.69 Å². The molecule has 2 rings (SSSR count). The highest BCUT2D eigenvalue weighted by Gasteiger charge is 2.09. The van der Waals surface area contributed by atoms with Crippen LogP contribution in [-0.2, 0) is 0 Å². The monoisotopic (exact) mass is 288 g/mol. The van der Waals surface area contributed by atoms with Gasteiger partial charge in [0, 0.05) is 0 Å². The molecule has 0 aliphatic rings. The molecule has 0 saturated heterocycles. The van der Waals surface area contributed by atoms with Crippen molar-refractivity contribution < 1.29 is 4.39 Å². The molecule has 3 nitrogen and oxygen atoms in total. The van der Waals surface area contributed by atoms with E-state index in [4.69, 9.17) is 0 Å². The third-order valence-electron chi connectivity index (χ3n) is 1.84. The van der Waals surface area contributed by atoms with Crippen molar-refractivity contribution in [2.45, 2.75) is 6.92 Å². The van der Waals surface area contributed by atoms with E-state index in [2.05, 4.69) is 25.9 Å². The zero-order valence-corrected chi connectivity index (χ0v) is 10.1. The fraction of sp³-hybridized carbons (Fsp3) is 0.111. The van der Waals surface area contributed by atoms with Crippen LogP contribution in [0.4, 0.5) is 4.39 Å². The molecule has 0 saturated carbocycles. The molecule has 0 atom stereocenters. The lowest BCUT2D eigenvalue weighted by molar-refractivity contribution is 0.589. The van der Waals surface area contributed by atoms with Gasteiger partial charge in [0.05, 0.1) is 14.4 Å². The van der Waals surface area contributed by atoms with Gasteiger partial charge in [-0.3, -0.25) is 4.79 Å². The summed E-state index contributed by atoms with van der Waals surface area (Å²) in [6.07, 6.45) is 0. The molecule has 0 amide bonds. The normalized spacial score (nSPS) is 10.6. The number of H-pyrrole nitrogens is 1. The number of aromatic nitrogens is 2. The Hall–Kier alpha value is -1.01. The van der Waals surface area contributed by atoms with Gasteiger partial charge in [-0.25, -0.2) is 4.98 Å². The van der Waals surface area contributed by atoms with Crippen LogP contribution in [0.2, 0.25) is 0 Å². The minimum absolute atomic E-state index is 0.110. The Bertz CT molecular complexity index is 563. The summed E-state index contributed by atoms with van der Waals surface area (Å²) in [5, 5.41) is 0. The van der Waals surface area contributed by atoms with Crippen molar-refractivity contribution in [1.82, 2.24) is 9.97 Å². The summed E-state index contributed by atoms with van der Waals surface area (Å²) < 4.78 is 14.0. The summed E-state index contributed by atoms with van der Waals surface area (Å²) in [6.45, 7) is 1.47. The Kier molecular flexibility index (Phi) is 2.70. The van der Waals surface area contributed by atoms with Gasteiger partial charge < -0.3 is 4.98 Å². The molecule has 0 bridgehead atoms. The predicted octanol–water partition coefficient (Wildman–Crippen LogP) is 2.71. The second-order valence-electron chi connectivity index (χ2n) is 2.92. The van der Waals surface area contributed by atoms with Crippen molar-refractivity contribution in [3.63, 3.8) is 0 Å². The second kappa shape index (κ2) is 3.86. The first-order valence-corrected chi connectivity index (χ1v) is 5.71. The summed E-state index contributed by atoms with van der Waals surface area (Å²) in [6, 6.07) is 3.66. The van der Waals surface area contributed by atoms with Gasteiger partial charge >= 0.3 is 0 Å². The van der Waals surface area contributed by atoms with E-state index in [0.717, 1.165) is 8.66 Å². The number of hydrogen-bond acceptors (Lipinski definition) is 3. The lowest BCUT2D eigenvalue weighted by Gasteiger charge is -1.99. The van der Waals surface area contributed by atoms with E-state index >= 15 is 0 Å². The molecule has 2 heterocycles. The Morgan fingerprint density at radius 3 is 2.80 bits per heavy atom. The van der Waals surface area contributed by atoms with Gasteiger partial charge in [0.15, 0.2) is 5.82 Å². The van der Waals surface area contributed by atoms with E-state index in [9.17, 15) is 9.18 Å². The van der Waals surface area contributed by atoms with Crippen molar-refractivity contribution in [3.05, 3.63) is 37.8 Å². The highest BCUT2D eigenvalue weighted by Crippen LogP contribution is 2.28. The summed E-state index contributed by atoms with van der Waals surface area (Å²) in [5.74, 6) is -0.427. The number of aromatic amines is 1. The van der Waals surface area contributed by atoms with Gasteiger partial charge in [-0.05, 0) is 35.0 Å². The second-order valence-corrected chi connectivity index (χ2v) is 5.38. The van der Waals surface area contributed by atoms with Crippen LogP contribution >= 0.6 is 27.3 Å². The van der Waals surface area contributed by atoms with Crippen LogP contribution < -0.4 is 5.56 Å². The van der Waals surface area contributed by atoms with Crippen LogP contribution in [0, 0.1) is 12.7 Å². The van der Waals surface area contributed by atoms with Crippen LogP contribution in [0.5, 0.6) is 0 Å². The van der Waals surface area contributed by atoms with Gasteiger partial charge in [0.2, 0.25) is 5.82 Å². The molecule has 0 aliphatic heterocycles. The number of thiophene rings is 1. The fourth-order valence-corrected chi connectivity index (χ4v) is 2.46. The van der Waals surface area contributed by atoms with E-state index in [1.54, 1.807) is 0 Å². The number of nitrogens with zero attached hydrogens (tertiary/aromatic N) is 1. The maximum atomic E-state index is 13.0. The average Bonchev–Trinajstić information content (AvgIpc) is 2.60. The summed E-state index contributed by atoms with van der Waals surface area (Å²) in [4.78, 5) is 18.3. The van der Waals surface area contributed by atoms with Gasteiger partial charge in [-0.15, -0.1) is 11.3 Å². The Morgan fingerprint density at radius 2 is 2.27 bits per heavy atom. The van der Waals surface area contributed by atoms with Crippen LogP contribution in [0.3, 0.4) is 0 Å². The smallest absolute Gasteiger partial charge is 0.287 e. The summed E-state index contributed by atoms with van der Waals surface area (Å²) >= 11 is 4.73. The Balaban J connectivity index is 2.60. The third-order valence-corrected chi connectivity index (χ3v) is 3.47. The average molecular weight is 289 g/mol. The van der Waals surface area contributed by atoms with Gasteiger partial charge in [0.25, 0.3) is 5.56 Å². The van der Waals surface area contributed by atoms with Gasteiger partial charge in [-0.1, -0.05) is 0 Å². The number of halogens is 2. The zero-order valence-electron chi connectivity index (χ0n) is 7.67. The molecule has 1 N–H and O–H groups in total. The summed E-state index contributed by atoms with van der Waals surface area (Å²) in [7, 11) is 0. The first kappa shape index (κ1) is 10.5. The highest BCUT2D eigenvalue weighted by molar-refractivity contribution is 9.11. The first-order valence-electron chi connectivity index (χ1n) is 4.10.